The number of carbonyl (C=O) groups is 1. The number of benzene rings is 1. The van der Waals surface area contributed by atoms with E-state index in [1.165, 1.54) is 5.56 Å². The molecule has 0 bridgehead atoms. The van der Waals surface area contributed by atoms with Gasteiger partial charge in [-0.15, -0.1) is 0 Å². The maximum Gasteiger partial charge on any atom is 0.223 e. The van der Waals surface area contributed by atoms with Crippen molar-refractivity contribution in [2.24, 2.45) is 17.6 Å². The van der Waals surface area contributed by atoms with E-state index < -0.39 is 6.10 Å². The summed E-state index contributed by atoms with van der Waals surface area (Å²) in [5, 5.41) is 12.6. The van der Waals surface area contributed by atoms with Gasteiger partial charge in [0, 0.05) is 18.5 Å². The van der Waals surface area contributed by atoms with Crippen LogP contribution in [0.4, 0.5) is 0 Å². The molecule has 4 N–H and O–H groups in total. The van der Waals surface area contributed by atoms with Crippen LogP contribution in [0.15, 0.2) is 24.3 Å². The summed E-state index contributed by atoms with van der Waals surface area (Å²) in [4.78, 5) is 12.2. The molecule has 1 aliphatic rings. The Morgan fingerprint density at radius 2 is 2.04 bits per heavy atom. The first-order valence-electron chi connectivity index (χ1n) is 9.38. The van der Waals surface area contributed by atoms with E-state index in [1.54, 1.807) is 0 Å². The van der Waals surface area contributed by atoms with E-state index in [9.17, 15) is 9.90 Å². The molecule has 140 valence electrons. The number of amides is 1. The number of hydrogen-bond acceptors (Lipinski definition) is 4. The Balaban J connectivity index is 1.68. The van der Waals surface area contributed by atoms with Crippen molar-refractivity contribution in [3.8, 4) is 5.75 Å². The lowest BCUT2D eigenvalue weighted by molar-refractivity contribution is -0.126. The van der Waals surface area contributed by atoms with Gasteiger partial charge in [0.15, 0.2) is 0 Å². The zero-order valence-electron chi connectivity index (χ0n) is 15.4. The van der Waals surface area contributed by atoms with E-state index in [0.29, 0.717) is 31.7 Å². The van der Waals surface area contributed by atoms with Crippen LogP contribution in [0.3, 0.4) is 0 Å². The lowest BCUT2D eigenvalue weighted by Crippen LogP contribution is -2.45. The molecule has 0 heterocycles. The number of aliphatic hydroxyl groups is 1. The summed E-state index contributed by atoms with van der Waals surface area (Å²) < 4.78 is 5.71. The van der Waals surface area contributed by atoms with Crippen LogP contribution in [0.2, 0.25) is 0 Å². The number of rotatable bonds is 8. The Morgan fingerprint density at radius 1 is 1.32 bits per heavy atom. The second-order valence-corrected chi connectivity index (χ2v) is 7.46. The van der Waals surface area contributed by atoms with Crippen molar-refractivity contribution in [3.05, 3.63) is 29.8 Å². The molecular formula is C20H32N2O3. The van der Waals surface area contributed by atoms with E-state index in [-0.39, 0.29) is 17.9 Å². The average Bonchev–Trinajstić information content (AvgIpc) is 2.58. The summed E-state index contributed by atoms with van der Waals surface area (Å²) in [6.45, 7) is 5.72. The Labute approximate surface area is 150 Å². The third kappa shape index (κ3) is 6.67. The van der Waals surface area contributed by atoms with E-state index >= 15 is 0 Å². The summed E-state index contributed by atoms with van der Waals surface area (Å²) in [5.41, 5.74) is 7.02. The fourth-order valence-electron chi connectivity index (χ4n) is 3.07. The van der Waals surface area contributed by atoms with Crippen molar-refractivity contribution in [1.29, 1.82) is 0 Å². The highest BCUT2D eigenvalue weighted by Crippen LogP contribution is 2.23. The molecule has 25 heavy (non-hydrogen) atoms. The lowest BCUT2D eigenvalue weighted by Gasteiger charge is -2.30. The van der Waals surface area contributed by atoms with E-state index in [0.717, 1.165) is 25.2 Å². The number of ether oxygens (including phenoxy) is 1. The summed E-state index contributed by atoms with van der Waals surface area (Å²) in [6, 6.07) is 7.78. The Kier molecular flexibility index (Phi) is 7.72. The Bertz CT molecular complexity index is 530. The molecule has 3 atom stereocenters. The molecule has 0 spiro atoms. The highest BCUT2D eigenvalue weighted by atomic mass is 16.5. The van der Waals surface area contributed by atoms with Crippen LogP contribution in [0.5, 0.6) is 5.75 Å². The third-order valence-electron chi connectivity index (χ3n) is 4.83. The SMILES string of the molecule is CC(C)CCOc1ccc(CCNC(=O)[C@H]2CC[C@@H](O)[C@H](N)C2)cc1. The highest BCUT2D eigenvalue weighted by molar-refractivity contribution is 5.78. The van der Waals surface area contributed by atoms with Crippen molar-refractivity contribution >= 4 is 5.91 Å². The quantitative estimate of drug-likeness (QED) is 0.673. The van der Waals surface area contributed by atoms with Crippen molar-refractivity contribution in [2.75, 3.05) is 13.2 Å². The zero-order valence-corrected chi connectivity index (χ0v) is 15.4. The second-order valence-electron chi connectivity index (χ2n) is 7.46. The maximum atomic E-state index is 12.2. The van der Waals surface area contributed by atoms with Crippen LogP contribution in [0.25, 0.3) is 0 Å². The van der Waals surface area contributed by atoms with E-state index in [4.69, 9.17) is 10.5 Å². The molecule has 1 saturated carbocycles. The fraction of sp³-hybridized carbons (Fsp3) is 0.650. The van der Waals surface area contributed by atoms with Crippen LogP contribution in [0, 0.1) is 11.8 Å². The van der Waals surface area contributed by atoms with Gasteiger partial charge in [-0.25, -0.2) is 0 Å². The van der Waals surface area contributed by atoms with Gasteiger partial charge in [0.05, 0.1) is 12.7 Å². The first kappa shape index (κ1) is 19.7. The molecule has 5 nitrogen and oxygen atoms in total. The average molecular weight is 348 g/mol. The molecule has 0 aliphatic heterocycles. The van der Waals surface area contributed by atoms with Crippen LogP contribution < -0.4 is 15.8 Å². The maximum absolute atomic E-state index is 12.2. The molecule has 1 fully saturated rings. The minimum atomic E-state index is -0.467. The van der Waals surface area contributed by atoms with Gasteiger partial charge in [-0.2, -0.15) is 0 Å². The molecule has 2 rings (SSSR count). The molecule has 1 aliphatic carbocycles. The molecule has 0 unspecified atom stereocenters. The number of carbonyl (C=O) groups excluding carboxylic acids is 1. The Hall–Kier alpha value is -1.59. The standard InChI is InChI=1S/C20H32N2O3/c1-14(2)10-12-25-17-6-3-15(4-7-17)9-11-22-20(24)16-5-8-19(23)18(21)13-16/h3-4,6-7,14,16,18-19,23H,5,8-13,21H2,1-2H3,(H,22,24)/t16-,18+,19+/m0/s1. The predicted molar refractivity (Wildman–Crippen MR) is 99.4 cm³/mol. The molecule has 0 aromatic heterocycles. The highest BCUT2D eigenvalue weighted by Gasteiger charge is 2.30. The largest absolute Gasteiger partial charge is 0.494 e. The fourth-order valence-corrected chi connectivity index (χ4v) is 3.07. The van der Waals surface area contributed by atoms with Gasteiger partial charge in [0.25, 0.3) is 0 Å². The summed E-state index contributed by atoms with van der Waals surface area (Å²) >= 11 is 0. The first-order chi connectivity index (χ1) is 12.0. The van der Waals surface area contributed by atoms with Gasteiger partial charge in [0.1, 0.15) is 5.75 Å². The molecule has 5 heteroatoms. The van der Waals surface area contributed by atoms with Crippen molar-refractivity contribution < 1.29 is 14.6 Å². The lowest BCUT2D eigenvalue weighted by atomic mass is 9.83. The van der Waals surface area contributed by atoms with Crippen molar-refractivity contribution in [2.45, 2.75) is 58.1 Å². The predicted octanol–water partition coefficient (Wildman–Crippen LogP) is 2.26. The topological polar surface area (TPSA) is 84.6 Å². The number of nitrogens with one attached hydrogen (secondary N) is 1. The molecule has 0 saturated heterocycles. The first-order valence-corrected chi connectivity index (χ1v) is 9.38. The van der Waals surface area contributed by atoms with Gasteiger partial charge in [-0.1, -0.05) is 26.0 Å². The molecule has 0 radical (unpaired) electrons. The molecule has 1 amide bonds. The summed E-state index contributed by atoms with van der Waals surface area (Å²) in [5.74, 6) is 1.51. The third-order valence-corrected chi connectivity index (χ3v) is 4.83. The smallest absolute Gasteiger partial charge is 0.223 e. The monoisotopic (exact) mass is 348 g/mol. The number of hydrogen-bond donors (Lipinski definition) is 3. The van der Waals surface area contributed by atoms with Crippen LogP contribution in [-0.4, -0.2) is 36.3 Å². The number of nitrogens with two attached hydrogens (primary N) is 1. The van der Waals surface area contributed by atoms with Gasteiger partial charge in [-0.3, -0.25) is 4.79 Å². The minimum absolute atomic E-state index is 0.0518. The molecule has 1 aromatic rings. The summed E-state index contributed by atoms with van der Waals surface area (Å²) in [7, 11) is 0. The van der Waals surface area contributed by atoms with Gasteiger partial charge >= 0.3 is 0 Å². The molecular weight excluding hydrogens is 316 g/mol. The molecule has 1 aromatic carbocycles. The normalized spacial score (nSPS) is 23.5. The van der Waals surface area contributed by atoms with Crippen molar-refractivity contribution in [1.82, 2.24) is 5.32 Å². The summed E-state index contributed by atoms with van der Waals surface area (Å²) in [6.07, 6.45) is 3.26. The second kappa shape index (κ2) is 9.78. The number of aliphatic hydroxyl groups excluding tert-OH is 1. The van der Waals surface area contributed by atoms with Crippen LogP contribution in [0.1, 0.15) is 45.1 Å². The van der Waals surface area contributed by atoms with Crippen LogP contribution >= 0.6 is 0 Å². The van der Waals surface area contributed by atoms with E-state index in [2.05, 4.69) is 19.2 Å². The Morgan fingerprint density at radius 3 is 2.68 bits per heavy atom. The van der Waals surface area contributed by atoms with Crippen LogP contribution in [-0.2, 0) is 11.2 Å². The zero-order chi connectivity index (χ0) is 18.2. The van der Waals surface area contributed by atoms with Gasteiger partial charge in [-0.05, 0) is 55.7 Å². The van der Waals surface area contributed by atoms with Gasteiger partial charge < -0.3 is 20.9 Å². The van der Waals surface area contributed by atoms with Crippen molar-refractivity contribution in [3.63, 3.8) is 0 Å². The minimum Gasteiger partial charge on any atom is -0.494 e. The van der Waals surface area contributed by atoms with Gasteiger partial charge in [0.2, 0.25) is 5.91 Å². The van der Waals surface area contributed by atoms with E-state index in [1.807, 2.05) is 24.3 Å².